The molecule has 0 aliphatic carbocycles. The summed E-state index contributed by atoms with van der Waals surface area (Å²) in [5, 5.41) is 5.42. The number of fused-ring (bicyclic) bond motifs is 1. The number of hydrogen-bond donors (Lipinski definition) is 3. The zero-order valence-electron chi connectivity index (χ0n) is 20.1. The van der Waals surface area contributed by atoms with Gasteiger partial charge in [0.25, 0.3) is 17.7 Å². The summed E-state index contributed by atoms with van der Waals surface area (Å²) < 4.78 is 19.1. The highest BCUT2D eigenvalue weighted by Gasteiger charge is 2.41. The summed E-state index contributed by atoms with van der Waals surface area (Å²) in [7, 11) is 0. The van der Waals surface area contributed by atoms with Gasteiger partial charge in [-0.05, 0) is 62.4 Å². The molecule has 10 heteroatoms. The van der Waals surface area contributed by atoms with E-state index in [2.05, 4.69) is 15.6 Å². The lowest BCUT2D eigenvalue weighted by molar-refractivity contribution is -0.140. The molecule has 3 N–H and O–H groups in total. The number of aryl methyl sites for hydroxylation is 1. The number of aromatic nitrogens is 1. The Labute approximate surface area is 207 Å². The summed E-state index contributed by atoms with van der Waals surface area (Å²) in [6.07, 6.45) is 3.10. The highest BCUT2D eigenvalue weighted by Crippen LogP contribution is 2.34. The van der Waals surface area contributed by atoms with Crippen molar-refractivity contribution in [1.29, 1.82) is 0 Å². The van der Waals surface area contributed by atoms with Crippen LogP contribution in [0.4, 0.5) is 10.1 Å². The average molecular weight is 495 g/mol. The largest absolute Gasteiger partial charge is 0.381 e. The van der Waals surface area contributed by atoms with Crippen LogP contribution in [-0.2, 0) is 19.1 Å². The predicted octanol–water partition coefficient (Wildman–Crippen LogP) is 2.55. The maximum atomic E-state index is 13.8. The van der Waals surface area contributed by atoms with Crippen molar-refractivity contribution in [2.24, 2.45) is 5.92 Å². The summed E-state index contributed by atoms with van der Waals surface area (Å²) in [6.45, 7) is 5.02. The molecule has 5 rings (SSSR count). The van der Waals surface area contributed by atoms with Crippen LogP contribution in [0.25, 0.3) is 11.6 Å². The number of carbonyl (C=O) groups is 4. The molecule has 4 amide bonds. The smallest absolute Gasteiger partial charge is 0.256 e. The molecule has 2 fully saturated rings. The van der Waals surface area contributed by atoms with Crippen LogP contribution in [0.15, 0.2) is 18.2 Å². The Morgan fingerprint density at radius 2 is 1.97 bits per heavy atom. The van der Waals surface area contributed by atoms with Crippen molar-refractivity contribution in [2.75, 3.05) is 25.1 Å². The summed E-state index contributed by atoms with van der Waals surface area (Å²) in [5.74, 6) is -1.79. The lowest BCUT2D eigenvalue weighted by Gasteiger charge is -2.26. The van der Waals surface area contributed by atoms with Gasteiger partial charge >= 0.3 is 0 Å². The summed E-state index contributed by atoms with van der Waals surface area (Å²) in [4.78, 5) is 55.4. The fraction of sp³-hybridized carbons (Fsp3) is 0.385. The van der Waals surface area contributed by atoms with Gasteiger partial charge in [0.1, 0.15) is 11.9 Å². The third kappa shape index (κ3) is 4.32. The molecule has 0 radical (unpaired) electrons. The molecule has 2 saturated heterocycles. The van der Waals surface area contributed by atoms with Gasteiger partial charge in [-0.15, -0.1) is 0 Å². The maximum Gasteiger partial charge on any atom is 0.256 e. The van der Waals surface area contributed by atoms with Gasteiger partial charge in [0, 0.05) is 42.4 Å². The Balaban J connectivity index is 1.33. The van der Waals surface area contributed by atoms with Crippen molar-refractivity contribution in [3.63, 3.8) is 0 Å². The second-order valence-electron chi connectivity index (χ2n) is 9.49. The molecule has 9 nitrogen and oxygen atoms in total. The Morgan fingerprint density at radius 1 is 1.22 bits per heavy atom. The number of rotatable bonds is 5. The first-order valence-corrected chi connectivity index (χ1v) is 12.0. The van der Waals surface area contributed by atoms with E-state index in [1.807, 2.05) is 0 Å². The van der Waals surface area contributed by atoms with Gasteiger partial charge in [-0.25, -0.2) is 4.39 Å². The molecule has 1 aromatic carbocycles. The van der Waals surface area contributed by atoms with Crippen molar-refractivity contribution < 1.29 is 28.3 Å². The minimum Gasteiger partial charge on any atom is -0.381 e. The van der Waals surface area contributed by atoms with Crippen LogP contribution in [0, 0.1) is 25.6 Å². The Morgan fingerprint density at radius 3 is 2.72 bits per heavy atom. The molecule has 3 aliphatic heterocycles. The van der Waals surface area contributed by atoms with Crippen molar-refractivity contribution in [3.8, 4) is 0 Å². The molecule has 0 spiro atoms. The van der Waals surface area contributed by atoms with Crippen LogP contribution in [0.1, 0.15) is 52.1 Å². The van der Waals surface area contributed by atoms with E-state index in [4.69, 9.17) is 4.74 Å². The molecule has 0 bridgehead atoms. The fourth-order valence-electron chi connectivity index (χ4n) is 5.11. The topological polar surface area (TPSA) is 121 Å². The predicted molar refractivity (Wildman–Crippen MR) is 129 cm³/mol. The minimum absolute atomic E-state index is 0.0737. The number of aromatic amines is 1. The number of hydrogen-bond acceptors (Lipinski definition) is 5. The number of likely N-dealkylation sites (tertiary alicyclic amines) is 1. The third-order valence-electron chi connectivity index (χ3n) is 7.09. The van der Waals surface area contributed by atoms with Crippen molar-refractivity contribution >= 4 is 41.0 Å². The molecule has 2 aromatic rings. The second kappa shape index (κ2) is 9.34. The van der Waals surface area contributed by atoms with Gasteiger partial charge in [-0.1, -0.05) is 0 Å². The van der Waals surface area contributed by atoms with Gasteiger partial charge < -0.3 is 20.4 Å². The van der Waals surface area contributed by atoms with Gasteiger partial charge in [-0.3, -0.25) is 24.1 Å². The number of anilines is 1. The molecule has 0 unspecified atom stereocenters. The van der Waals surface area contributed by atoms with Gasteiger partial charge in [0.2, 0.25) is 5.91 Å². The van der Waals surface area contributed by atoms with Crippen LogP contribution in [0.5, 0.6) is 0 Å². The van der Waals surface area contributed by atoms with E-state index in [1.165, 1.54) is 23.1 Å². The molecule has 0 saturated carbocycles. The second-order valence-corrected chi connectivity index (χ2v) is 9.49. The summed E-state index contributed by atoms with van der Waals surface area (Å²) in [5.41, 5.74) is 3.22. The Kier molecular flexibility index (Phi) is 6.21. The van der Waals surface area contributed by atoms with E-state index in [-0.39, 0.29) is 29.7 Å². The first kappa shape index (κ1) is 23.9. The fourth-order valence-corrected chi connectivity index (χ4v) is 5.11. The van der Waals surface area contributed by atoms with Crippen molar-refractivity contribution in [1.82, 2.24) is 15.2 Å². The zero-order chi connectivity index (χ0) is 25.6. The zero-order valence-corrected chi connectivity index (χ0v) is 20.1. The van der Waals surface area contributed by atoms with Gasteiger partial charge in [0.05, 0.1) is 17.6 Å². The van der Waals surface area contributed by atoms with E-state index >= 15 is 0 Å². The lowest BCUT2D eigenvalue weighted by Crippen LogP contribution is -2.43. The van der Waals surface area contributed by atoms with E-state index < -0.39 is 23.7 Å². The van der Waals surface area contributed by atoms with Gasteiger partial charge in [-0.2, -0.15) is 0 Å². The minimum atomic E-state index is -0.921. The lowest BCUT2D eigenvalue weighted by atomic mass is 10.00. The molecule has 4 heterocycles. The highest BCUT2D eigenvalue weighted by molar-refractivity contribution is 6.35. The third-order valence-corrected chi connectivity index (χ3v) is 7.09. The molecule has 1 aromatic heterocycles. The first-order valence-electron chi connectivity index (χ1n) is 12.0. The molecule has 188 valence electrons. The average Bonchev–Trinajstić information content (AvgIpc) is 3.40. The first-order chi connectivity index (χ1) is 17.2. The number of imide groups is 1. The number of benzene rings is 1. The van der Waals surface area contributed by atoms with Crippen LogP contribution in [0.3, 0.4) is 0 Å². The number of carbonyl (C=O) groups excluding carboxylic acids is 4. The normalized spacial score (nSPS) is 21.3. The Bertz CT molecular complexity index is 1310. The number of H-pyrrole nitrogens is 1. The van der Waals surface area contributed by atoms with Crippen LogP contribution >= 0.6 is 0 Å². The monoisotopic (exact) mass is 494 g/mol. The summed E-state index contributed by atoms with van der Waals surface area (Å²) in [6, 6.07) is 3.14. The number of nitrogens with one attached hydrogen (secondary N) is 3. The van der Waals surface area contributed by atoms with Crippen molar-refractivity contribution in [2.45, 2.75) is 39.2 Å². The van der Waals surface area contributed by atoms with E-state index in [1.54, 1.807) is 19.9 Å². The molecule has 36 heavy (non-hydrogen) atoms. The highest BCUT2D eigenvalue weighted by atomic mass is 19.1. The van der Waals surface area contributed by atoms with Crippen LogP contribution in [-0.4, -0.2) is 59.3 Å². The van der Waals surface area contributed by atoms with E-state index in [9.17, 15) is 23.6 Å². The van der Waals surface area contributed by atoms with Crippen LogP contribution in [0.2, 0.25) is 0 Å². The van der Waals surface area contributed by atoms with Crippen LogP contribution < -0.4 is 10.6 Å². The number of nitrogens with zero attached hydrogens (tertiary/aromatic N) is 1. The quantitative estimate of drug-likeness (QED) is 0.436. The molecule has 3 aliphatic rings. The van der Waals surface area contributed by atoms with Gasteiger partial charge in [0.15, 0.2) is 0 Å². The molecular weight excluding hydrogens is 467 g/mol. The molecular formula is C26H27FN4O5. The van der Waals surface area contributed by atoms with Crippen molar-refractivity contribution in [3.05, 3.63) is 52.1 Å². The summed E-state index contributed by atoms with van der Waals surface area (Å²) >= 11 is 0. The maximum absolute atomic E-state index is 13.8. The molecule has 1 atom stereocenters. The standard InChI is InChI=1S/C26H27FN4O5/c1-13-20(10-18-17-9-16(27)3-4-19(17)29-24(18)33)28-14(2)23(13)25(34)30-21-11-22(32)31(26(21)35)12-15-5-7-36-8-6-15/h3-4,9-10,15,21,28H,5-8,11-12H2,1-2H3,(H,29,33)(H,30,34)/b18-10-/t21-/m0/s1. The van der Waals surface area contributed by atoms with E-state index in [0.717, 1.165) is 12.8 Å². The SMILES string of the molecule is Cc1[nH]c(/C=C2\C(=O)Nc3ccc(F)cc32)c(C)c1C(=O)N[C@H]1CC(=O)N(CC2CCOCC2)C1=O. The van der Waals surface area contributed by atoms with E-state index in [0.29, 0.717) is 53.5 Å². The number of ether oxygens (including phenoxy) is 1. The number of halogens is 1. The number of amides is 4. The Hall–Kier alpha value is -3.79.